The van der Waals surface area contributed by atoms with E-state index in [4.69, 9.17) is 28.1 Å². The van der Waals surface area contributed by atoms with E-state index in [0.29, 0.717) is 51.0 Å². The summed E-state index contributed by atoms with van der Waals surface area (Å²) in [6.45, 7) is 0. The Labute approximate surface area is 229 Å². The van der Waals surface area contributed by atoms with Gasteiger partial charge in [-0.3, -0.25) is 14.5 Å². The Morgan fingerprint density at radius 1 is 0.769 bits per heavy atom. The van der Waals surface area contributed by atoms with Crippen molar-refractivity contribution in [2.24, 2.45) is 0 Å². The summed E-state index contributed by atoms with van der Waals surface area (Å²) in [5, 5.41) is -0.0148. The molecule has 4 aromatic rings. The first-order valence-electron chi connectivity index (χ1n) is 12.0. The van der Waals surface area contributed by atoms with Crippen molar-refractivity contribution < 1.29 is 32.9 Å². The lowest BCUT2D eigenvalue weighted by Crippen LogP contribution is -2.28. The van der Waals surface area contributed by atoms with Gasteiger partial charge in [0.2, 0.25) is 17.1 Å². The number of carbonyl (C=O) groups is 1. The number of carbonyl (C=O) groups excluding carboxylic acids is 1. The lowest BCUT2D eigenvalue weighted by molar-refractivity contribution is -0.115. The van der Waals surface area contributed by atoms with E-state index in [1.165, 1.54) is 26.0 Å². The summed E-state index contributed by atoms with van der Waals surface area (Å²) in [5.74, 6) is 2.74. The Bertz CT molecular complexity index is 1620. The molecule has 1 aliphatic rings. The van der Waals surface area contributed by atoms with E-state index in [1.54, 1.807) is 62.6 Å². The molecule has 0 aliphatic carbocycles. The fourth-order valence-electron chi connectivity index (χ4n) is 4.63. The number of hydrogen-bond acceptors (Lipinski definition) is 9. The molecular formula is C29H27NO8S. The smallest absolute Gasteiger partial charge is 0.238 e. The highest BCUT2D eigenvalue weighted by Gasteiger charge is 2.35. The zero-order valence-electron chi connectivity index (χ0n) is 22.1. The van der Waals surface area contributed by atoms with Crippen molar-refractivity contribution in [1.29, 1.82) is 0 Å². The molecule has 1 fully saturated rings. The molecule has 1 atom stereocenters. The maximum Gasteiger partial charge on any atom is 0.238 e. The number of thioether (sulfide) groups is 1. The number of fused-ring (bicyclic) bond motifs is 1. The highest BCUT2D eigenvalue weighted by molar-refractivity contribution is 8.00. The number of methoxy groups -OCH3 is 5. The van der Waals surface area contributed by atoms with Crippen LogP contribution < -0.4 is 34.0 Å². The molecule has 202 valence electrons. The van der Waals surface area contributed by atoms with Crippen molar-refractivity contribution in [3.63, 3.8) is 0 Å². The van der Waals surface area contributed by atoms with Crippen LogP contribution in [0.1, 0.15) is 10.9 Å². The number of amides is 1. The number of anilines is 1. The van der Waals surface area contributed by atoms with E-state index in [-0.39, 0.29) is 28.2 Å². The van der Waals surface area contributed by atoms with Crippen LogP contribution in [0.15, 0.2) is 63.8 Å². The lowest BCUT2D eigenvalue weighted by Gasteiger charge is -2.25. The summed E-state index contributed by atoms with van der Waals surface area (Å²) in [6, 6.07) is 15.9. The predicted molar refractivity (Wildman–Crippen MR) is 150 cm³/mol. The first-order valence-corrected chi connectivity index (χ1v) is 13.0. The van der Waals surface area contributed by atoms with Crippen molar-refractivity contribution in [2.45, 2.75) is 5.37 Å². The van der Waals surface area contributed by atoms with Gasteiger partial charge in [0, 0.05) is 11.3 Å². The zero-order valence-corrected chi connectivity index (χ0v) is 22.9. The second-order valence-corrected chi connectivity index (χ2v) is 9.65. The molecule has 0 N–H and O–H groups in total. The topological polar surface area (TPSA) is 96.7 Å². The molecular weight excluding hydrogens is 522 g/mol. The van der Waals surface area contributed by atoms with Crippen LogP contribution in [0.3, 0.4) is 0 Å². The third-order valence-electron chi connectivity index (χ3n) is 6.52. The molecule has 1 aromatic heterocycles. The highest BCUT2D eigenvalue weighted by Crippen LogP contribution is 2.45. The van der Waals surface area contributed by atoms with Gasteiger partial charge in [0.05, 0.1) is 46.7 Å². The van der Waals surface area contributed by atoms with Gasteiger partial charge in [-0.1, -0.05) is 6.07 Å². The summed E-state index contributed by atoms with van der Waals surface area (Å²) < 4.78 is 33.2. The molecule has 0 spiro atoms. The van der Waals surface area contributed by atoms with E-state index in [1.807, 2.05) is 18.2 Å². The minimum atomic E-state index is -0.354. The second kappa shape index (κ2) is 10.8. The molecule has 10 heteroatoms. The zero-order chi connectivity index (χ0) is 27.7. The molecule has 9 nitrogen and oxygen atoms in total. The highest BCUT2D eigenvalue weighted by atomic mass is 32.2. The molecule has 1 unspecified atom stereocenters. The van der Waals surface area contributed by atoms with Crippen LogP contribution in [0.5, 0.6) is 28.7 Å². The summed E-state index contributed by atoms with van der Waals surface area (Å²) in [7, 11) is 7.64. The summed E-state index contributed by atoms with van der Waals surface area (Å²) in [6.07, 6.45) is 0. The van der Waals surface area contributed by atoms with E-state index >= 15 is 0 Å². The molecule has 5 rings (SSSR count). The third kappa shape index (κ3) is 4.61. The van der Waals surface area contributed by atoms with Crippen molar-refractivity contribution in [3.8, 4) is 40.1 Å². The SMILES string of the molecule is COc1ccc(-c2oc3ccc(N4C(=O)CSC4c4ccc(OC)c(OC)c4)cc3c(=O)c2OC)cc1OC. The first kappa shape index (κ1) is 26.3. The molecule has 0 saturated carbocycles. The van der Waals surface area contributed by atoms with E-state index in [2.05, 4.69) is 0 Å². The molecule has 2 heterocycles. The molecule has 1 aliphatic heterocycles. The molecule has 3 aromatic carbocycles. The van der Waals surface area contributed by atoms with Crippen LogP contribution in [0.25, 0.3) is 22.3 Å². The van der Waals surface area contributed by atoms with Gasteiger partial charge in [-0.05, 0) is 54.1 Å². The van der Waals surface area contributed by atoms with E-state index in [9.17, 15) is 9.59 Å². The Kier molecular flexibility index (Phi) is 7.30. The van der Waals surface area contributed by atoms with Gasteiger partial charge in [-0.25, -0.2) is 0 Å². The van der Waals surface area contributed by atoms with Crippen molar-refractivity contribution in [2.75, 3.05) is 46.2 Å². The summed E-state index contributed by atoms with van der Waals surface area (Å²) in [4.78, 5) is 28.3. The number of benzene rings is 3. The first-order chi connectivity index (χ1) is 18.9. The van der Waals surface area contributed by atoms with Gasteiger partial charge < -0.3 is 28.1 Å². The molecule has 1 saturated heterocycles. The standard InChI is InChI=1S/C29H27NO8S/c1-33-21-9-6-16(12-23(21)35-3)27-28(37-5)26(32)19-14-18(8-11-20(19)38-27)30-25(31)15-39-29(30)17-7-10-22(34-2)24(13-17)36-4/h6-14,29H,15H2,1-5H3. The van der Waals surface area contributed by atoms with E-state index < -0.39 is 0 Å². The normalized spacial score (nSPS) is 14.9. The van der Waals surface area contributed by atoms with Gasteiger partial charge in [-0.15, -0.1) is 11.8 Å². The largest absolute Gasteiger partial charge is 0.493 e. The monoisotopic (exact) mass is 549 g/mol. The van der Waals surface area contributed by atoms with Crippen LogP contribution in [0, 0.1) is 0 Å². The Morgan fingerprint density at radius 3 is 2.10 bits per heavy atom. The van der Waals surface area contributed by atoms with Gasteiger partial charge >= 0.3 is 0 Å². The second-order valence-electron chi connectivity index (χ2n) is 8.59. The van der Waals surface area contributed by atoms with Gasteiger partial charge in [0.1, 0.15) is 11.0 Å². The van der Waals surface area contributed by atoms with Gasteiger partial charge in [-0.2, -0.15) is 0 Å². The lowest BCUT2D eigenvalue weighted by atomic mass is 10.1. The third-order valence-corrected chi connectivity index (χ3v) is 7.73. The van der Waals surface area contributed by atoms with E-state index in [0.717, 1.165) is 5.56 Å². The number of rotatable bonds is 8. The van der Waals surface area contributed by atoms with Gasteiger partial charge in [0.25, 0.3) is 0 Å². The molecule has 0 bridgehead atoms. The molecule has 39 heavy (non-hydrogen) atoms. The predicted octanol–water partition coefficient (Wildman–Crippen LogP) is 5.28. The van der Waals surface area contributed by atoms with Crippen molar-refractivity contribution in [1.82, 2.24) is 0 Å². The maximum atomic E-state index is 13.6. The molecule has 1 amide bonds. The Hall–Kier alpha value is -4.31. The quantitative estimate of drug-likeness (QED) is 0.291. The number of nitrogens with zero attached hydrogens (tertiary/aromatic N) is 1. The van der Waals surface area contributed by atoms with Crippen LogP contribution in [0.4, 0.5) is 5.69 Å². The summed E-state index contributed by atoms with van der Waals surface area (Å²) in [5.41, 5.74) is 2.04. The fraction of sp³-hybridized carbons (Fsp3) is 0.241. The fourth-order valence-corrected chi connectivity index (χ4v) is 5.79. The minimum absolute atomic E-state index is 0.0467. The average Bonchev–Trinajstić information content (AvgIpc) is 3.37. The van der Waals surface area contributed by atoms with Crippen LogP contribution in [-0.4, -0.2) is 47.2 Å². The maximum absolute atomic E-state index is 13.6. The summed E-state index contributed by atoms with van der Waals surface area (Å²) >= 11 is 1.49. The van der Waals surface area contributed by atoms with Crippen molar-refractivity contribution >= 4 is 34.3 Å². The van der Waals surface area contributed by atoms with Crippen LogP contribution in [-0.2, 0) is 4.79 Å². The molecule has 0 radical (unpaired) electrons. The Morgan fingerprint density at radius 2 is 1.44 bits per heavy atom. The minimum Gasteiger partial charge on any atom is -0.493 e. The van der Waals surface area contributed by atoms with Gasteiger partial charge in [0.15, 0.2) is 28.8 Å². The number of ether oxygens (including phenoxy) is 5. The van der Waals surface area contributed by atoms with Crippen molar-refractivity contribution in [3.05, 3.63) is 70.4 Å². The number of hydrogen-bond donors (Lipinski definition) is 0. The van der Waals surface area contributed by atoms with Crippen LogP contribution in [0.2, 0.25) is 0 Å². The van der Waals surface area contributed by atoms with Crippen LogP contribution >= 0.6 is 11.8 Å². The Balaban J connectivity index is 1.59. The average molecular weight is 550 g/mol.